The number of pyridine rings is 1. The van der Waals surface area contributed by atoms with Crippen molar-refractivity contribution in [2.75, 3.05) is 12.0 Å². The number of methoxy groups -OCH3 is 1. The Labute approximate surface area is 169 Å². The third-order valence-corrected chi connectivity index (χ3v) is 5.42. The van der Waals surface area contributed by atoms with Gasteiger partial charge in [-0.25, -0.2) is 4.98 Å². The van der Waals surface area contributed by atoms with Crippen LogP contribution in [0.4, 0.5) is 5.69 Å². The second-order valence-electron chi connectivity index (χ2n) is 6.95. The summed E-state index contributed by atoms with van der Waals surface area (Å²) in [5, 5.41) is 0.699. The molecule has 0 fully saturated rings. The van der Waals surface area contributed by atoms with Crippen molar-refractivity contribution >= 4 is 23.2 Å². The molecule has 1 aliphatic heterocycles. The molecule has 0 saturated carbocycles. The van der Waals surface area contributed by atoms with Crippen LogP contribution < -0.4 is 9.64 Å². The fourth-order valence-electron chi connectivity index (χ4n) is 3.69. The number of carbonyl (C=O) groups excluding carboxylic acids is 1. The van der Waals surface area contributed by atoms with Crippen molar-refractivity contribution in [2.24, 2.45) is 0 Å². The minimum atomic E-state index is 0.0212. The van der Waals surface area contributed by atoms with Crippen LogP contribution in [0.2, 0.25) is 5.02 Å². The van der Waals surface area contributed by atoms with Crippen molar-refractivity contribution in [3.63, 3.8) is 0 Å². The van der Waals surface area contributed by atoms with E-state index in [-0.39, 0.29) is 5.91 Å². The predicted octanol–water partition coefficient (Wildman–Crippen LogP) is 5.06. The van der Waals surface area contributed by atoms with E-state index in [1.807, 2.05) is 41.4 Å². The summed E-state index contributed by atoms with van der Waals surface area (Å²) in [7, 11) is 1.61. The van der Waals surface area contributed by atoms with Crippen molar-refractivity contribution in [3.05, 3.63) is 76.4 Å². The van der Waals surface area contributed by atoms with Gasteiger partial charge in [-0.05, 0) is 65.4 Å². The Morgan fingerprint density at radius 3 is 2.50 bits per heavy atom. The van der Waals surface area contributed by atoms with E-state index in [9.17, 15) is 4.79 Å². The Bertz CT molecular complexity index is 1030. The number of carbonyl (C=O) groups is 1. The summed E-state index contributed by atoms with van der Waals surface area (Å²) in [6.45, 7) is 2.15. The molecule has 4 nitrogen and oxygen atoms in total. The molecule has 5 heteroatoms. The second kappa shape index (κ2) is 7.64. The highest BCUT2D eigenvalue weighted by atomic mass is 35.5. The number of aryl methyl sites for hydroxylation is 2. The van der Waals surface area contributed by atoms with Gasteiger partial charge in [0, 0.05) is 35.5 Å². The van der Waals surface area contributed by atoms with Gasteiger partial charge in [0.05, 0.1) is 13.7 Å². The van der Waals surface area contributed by atoms with Crippen LogP contribution in [-0.4, -0.2) is 18.0 Å². The van der Waals surface area contributed by atoms with Gasteiger partial charge in [0.25, 0.3) is 0 Å². The Kier molecular flexibility index (Phi) is 5.05. The first-order valence-electron chi connectivity index (χ1n) is 9.24. The lowest BCUT2D eigenvalue weighted by Crippen LogP contribution is -2.30. The SMILES string of the molecule is COc1ccc(-c2ccc3c(c2)CN(C(C)=O)c2ccc(Cl)cc2CC3)cn1. The van der Waals surface area contributed by atoms with Gasteiger partial charge >= 0.3 is 0 Å². The molecule has 1 aliphatic rings. The molecule has 0 saturated heterocycles. The smallest absolute Gasteiger partial charge is 0.224 e. The van der Waals surface area contributed by atoms with Gasteiger partial charge in [-0.15, -0.1) is 0 Å². The molecule has 3 aromatic rings. The number of hydrogen-bond acceptors (Lipinski definition) is 3. The van der Waals surface area contributed by atoms with E-state index in [0.717, 1.165) is 40.8 Å². The monoisotopic (exact) mass is 392 g/mol. The molecule has 28 heavy (non-hydrogen) atoms. The summed E-state index contributed by atoms with van der Waals surface area (Å²) >= 11 is 6.19. The van der Waals surface area contributed by atoms with E-state index < -0.39 is 0 Å². The Morgan fingerprint density at radius 1 is 1.00 bits per heavy atom. The van der Waals surface area contributed by atoms with Gasteiger partial charge in [-0.1, -0.05) is 23.7 Å². The van der Waals surface area contributed by atoms with E-state index >= 15 is 0 Å². The highest BCUT2D eigenvalue weighted by Crippen LogP contribution is 2.32. The maximum Gasteiger partial charge on any atom is 0.224 e. The molecule has 0 radical (unpaired) electrons. The van der Waals surface area contributed by atoms with Gasteiger partial charge in [0.2, 0.25) is 11.8 Å². The van der Waals surface area contributed by atoms with E-state index in [4.69, 9.17) is 16.3 Å². The number of nitrogens with zero attached hydrogens (tertiary/aromatic N) is 2. The summed E-state index contributed by atoms with van der Waals surface area (Å²) in [5.74, 6) is 0.612. The van der Waals surface area contributed by atoms with Crippen molar-refractivity contribution in [1.82, 2.24) is 4.98 Å². The number of fused-ring (bicyclic) bond motifs is 2. The minimum Gasteiger partial charge on any atom is -0.481 e. The zero-order valence-electron chi connectivity index (χ0n) is 15.9. The fraction of sp³-hybridized carbons (Fsp3) is 0.217. The number of rotatable bonds is 2. The van der Waals surface area contributed by atoms with Crippen LogP contribution in [0.5, 0.6) is 5.88 Å². The molecule has 0 aliphatic carbocycles. The van der Waals surface area contributed by atoms with Gasteiger partial charge in [0.15, 0.2) is 0 Å². The molecule has 142 valence electrons. The Hall–Kier alpha value is -2.85. The first-order chi connectivity index (χ1) is 13.5. The second-order valence-corrected chi connectivity index (χ2v) is 7.39. The maximum atomic E-state index is 12.4. The lowest BCUT2D eigenvalue weighted by molar-refractivity contribution is -0.116. The molecule has 0 atom stereocenters. The molecule has 0 N–H and O–H groups in total. The van der Waals surface area contributed by atoms with Crippen LogP contribution in [-0.2, 0) is 24.2 Å². The number of amides is 1. The van der Waals surface area contributed by atoms with Crippen molar-refractivity contribution < 1.29 is 9.53 Å². The largest absolute Gasteiger partial charge is 0.481 e. The molecule has 1 aromatic heterocycles. The lowest BCUT2D eigenvalue weighted by Gasteiger charge is -2.28. The zero-order valence-corrected chi connectivity index (χ0v) is 16.7. The van der Waals surface area contributed by atoms with Crippen molar-refractivity contribution in [3.8, 4) is 17.0 Å². The molecular formula is C23H21ClN2O2. The van der Waals surface area contributed by atoms with Crippen LogP contribution >= 0.6 is 11.6 Å². The zero-order chi connectivity index (χ0) is 19.7. The van der Waals surface area contributed by atoms with Crippen LogP contribution in [0.25, 0.3) is 11.1 Å². The molecule has 0 unspecified atom stereocenters. The van der Waals surface area contributed by atoms with Gasteiger partial charge in [0.1, 0.15) is 0 Å². The third-order valence-electron chi connectivity index (χ3n) is 5.19. The highest BCUT2D eigenvalue weighted by molar-refractivity contribution is 6.30. The molecule has 2 heterocycles. The number of hydrogen-bond donors (Lipinski definition) is 0. The Morgan fingerprint density at radius 2 is 1.79 bits per heavy atom. The molecule has 1 amide bonds. The molecule has 0 bridgehead atoms. The third kappa shape index (κ3) is 3.60. The number of halogens is 1. The van der Waals surface area contributed by atoms with E-state index in [1.165, 1.54) is 5.56 Å². The average Bonchev–Trinajstić information content (AvgIpc) is 2.69. The predicted molar refractivity (Wildman–Crippen MR) is 112 cm³/mol. The first-order valence-corrected chi connectivity index (χ1v) is 9.61. The van der Waals surface area contributed by atoms with Gasteiger partial charge < -0.3 is 9.64 Å². The summed E-state index contributed by atoms with van der Waals surface area (Å²) in [6.07, 6.45) is 3.56. The highest BCUT2D eigenvalue weighted by Gasteiger charge is 2.21. The standard InChI is InChI=1S/C23H21ClN2O2/c1-15(27)26-14-20-11-17(19-7-10-23(28-2)25-13-19)5-3-16(20)4-6-18-12-21(24)8-9-22(18)26/h3,5,7-13H,4,6,14H2,1-2H3. The number of anilines is 1. The summed E-state index contributed by atoms with van der Waals surface area (Å²) < 4.78 is 5.14. The first kappa shape index (κ1) is 18.5. The number of aromatic nitrogens is 1. The molecule has 4 rings (SSSR count). The van der Waals surface area contributed by atoms with Gasteiger partial charge in [-0.3, -0.25) is 4.79 Å². The van der Waals surface area contributed by atoms with E-state index in [2.05, 4.69) is 23.2 Å². The van der Waals surface area contributed by atoms with Gasteiger partial charge in [-0.2, -0.15) is 0 Å². The lowest BCUT2D eigenvalue weighted by atomic mass is 9.93. The topological polar surface area (TPSA) is 42.4 Å². The van der Waals surface area contributed by atoms with Crippen molar-refractivity contribution in [1.29, 1.82) is 0 Å². The van der Waals surface area contributed by atoms with E-state index in [0.29, 0.717) is 17.4 Å². The molecule has 0 spiro atoms. The average molecular weight is 393 g/mol. The van der Waals surface area contributed by atoms with Crippen LogP contribution in [0.15, 0.2) is 54.7 Å². The minimum absolute atomic E-state index is 0.0212. The summed E-state index contributed by atoms with van der Waals surface area (Å²) in [6, 6.07) is 16.0. The number of ether oxygens (including phenoxy) is 1. The van der Waals surface area contributed by atoms with Crippen LogP contribution in [0.1, 0.15) is 23.6 Å². The Balaban J connectivity index is 1.74. The van der Waals surface area contributed by atoms with Crippen molar-refractivity contribution in [2.45, 2.75) is 26.3 Å². The summed E-state index contributed by atoms with van der Waals surface area (Å²) in [5.41, 5.74) is 6.56. The van der Waals surface area contributed by atoms with E-state index in [1.54, 1.807) is 14.0 Å². The maximum absolute atomic E-state index is 12.4. The fourth-order valence-corrected chi connectivity index (χ4v) is 3.89. The molecular weight excluding hydrogens is 372 g/mol. The quantitative estimate of drug-likeness (QED) is 0.612. The normalized spacial score (nSPS) is 13.2. The van der Waals surface area contributed by atoms with Crippen LogP contribution in [0.3, 0.4) is 0 Å². The number of benzene rings is 2. The van der Waals surface area contributed by atoms with Crippen LogP contribution in [0, 0.1) is 0 Å². The molecule has 2 aromatic carbocycles. The summed E-state index contributed by atoms with van der Waals surface area (Å²) in [4.78, 5) is 18.5.